The lowest BCUT2D eigenvalue weighted by Gasteiger charge is -2.11. The molecule has 0 N–H and O–H groups in total. The molecule has 2 nitrogen and oxygen atoms in total. The Labute approximate surface area is 95.9 Å². The first-order chi connectivity index (χ1) is 7.81. The van der Waals surface area contributed by atoms with Crippen molar-refractivity contribution >= 4 is 5.97 Å². The quantitative estimate of drug-likeness (QED) is 0.573. The molecule has 1 heterocycles. The van der Waals surface area contributed by atoms with Crippen molar-refractivity contribution in [3.05, 3.63) is 48.0 Å². The zero-order chi connectivity index (χ0) is 11.4. The number of benzene rings is 1. The van der Waals surface area contributed by atoms with Crippen LogP contribution in [0.2, 0.25) is 0 Å². The third-order valence-electron chi connectivity index (χ3n) is 2.96. The van der Waals surface area contributed by atoms with Gasteiger partial charge < -0.3 is 4.74 Å². The highest BCUT2D eigenvalue weighted by molar-refractivity contribution is 5.76. The van der Waals surface area contributed by atoms with Crippen LogP contribution in [0.15, 0.2) is 42.5 Å². The van der Waals surface area contributed by atoms with Crippen LogP contribution in [0.1, 0.15) is 12.5 Å². The molecule has 1 saturated heterocycles. The summed E-state index contributed by atoms with van der Waals surface area (Å²) in [6.07, 6.45) is 4.78. The van der Waals surface area contributed by atoms with E-state index in [0.717, 1.165) is 6.42 Å². The average Bonchev–Trinajstić information content (AvgIpc) is 2.64. The molecular weight excluding hydrogens is 200 g/mol. The van der Waals surface area contributed by atoms with Gasteiger partial charge in [-0.05, 0) is 18.9 Å². The van der Waals surface area contributed by atoms with Gasteiger partial charge in [-0.3, -0.25) is 4.79 Å². The average molecular weight is 216 g/mol. The topological polar surface area (TPSA) is 26.3 Å². The Hall–Kier alpha value is -1.57. The molecule has 1 aliphatic heterocycles. The lowest BCUT2D eigenvalue weighted by Crippen LogP contribution is -2.15. The molecular formula is C14H16O2. The second-order valence-electron chi connectivity index (χ2n) is 4.13. The smallest absolute Gasteiger partial charge is 0.313 e. The Morgan fingerprint density at radius 1 is 1.38 bits per heavy atom. The van der Waals surface area contributed by atoms with Crippen molar-refractivity contribution < 1.29 is 9.53 Å². The first-order valence-corrected chi connectivity index (χ1v) is 5.64. The number of carbonyl (C=O) groups is 1. The minimum absolute atomic E-state index is 0.0646. The number of esters is 1. The molecule has 0 saturated carbocycles. The van der Waals surface area contributed by atoms with Gasteiger partial charge in [-0.15, -0.1) is 0 Å². The monoisotopic (exact) mass is 216 g/mol. The van der Waals surface area contributed by atoms with E-state index in [1.807, 2.05) is 37.3 Å². The Balaban J connectivity index is 2.07. The first kappa shape index (κ1) is 10.9. The predicted octanol–water partition coefficient (Wildman–Crippen LogP) is 2.59. The summed E-state index contributed by atoms with van der Waals surface area (Å²) in [4.78, 5) is 11.5. The summed E-state index contributed by atoms with van der Waals surface area (Å²) in [6.45, 7) is 2.48. The highest BCUT2D eigenvalue weighted by atomic mass is 16.5. The number of hydrogen-bond donors (Lipinski definition) is 0. The van der Waals surface area contributed by atoms with Crippen LogP contribution >= 0.6 is 0 Å². The molecule has 0 spiro atoms. The molecule has 2 heteroatoms. The highest BCUT2D eigenvalue weighted by Gasteiger charge is 2.34. The van der Waals surface area contributed by atoms with Crippen molar-refractivity contribution in [1.82, 2.24) is 0 Å². The molecule has 1 fully saturated rings. The molecule has 2 rings (SSSR count). The number of rotatable bonds is 3. The zero-order valence-electron chi connectivity index (χ0n) is 9.43. The minimum Gasteiger partial charge on any atom is -0.465 e. The summed E-state index contributed by atoms with van der Waals surface area (Å²) in [7, 11) is 0. The summed E-state index contributed by atoms with van der Waals surface area (Å²) in [5, 5.41) is 0. The molecule has 84 valence electrons. The van der Waals surface area contributed by atoms with E-state index in [0.29, 0.717) is 6.61 Å². The van der Waals surface area contributed by atoms with Crippen molar-refractivity contribution in [2.75, 3.05) is 6.61 Å². The van der Waals surface area contributed by atoms with Crippen LogP contribution in [0.5, 0.6) is 0 Å². The number of ether oxygens (including phenoxy) is 1. The molecule has 2 atom stereocenters. The maximum absolute atomic E-state index is 11.5. The van der Waals surface area contributed by atoms with E-state index in [1.165, 1.54) is 5.56 Å². The number of allylic oxidation sites excluding steroid dienone is 1. The van der Waals surface area contributed by atoms with E-state index in [1.54, 1.807) is 0 Å². The predicted molar refractivity (Wildman–Crippen MR) is 62.9 cm³/mol. The van der Waals surface area contributed by atoms with Gasteiger partial charge in [-0.1, -0.05) is 42.5 Å². The van der Waals surface area contributed by atoms with E-state index in [9.17, 15) is 4.79 Å². The van der Waals surface area contributed by atoms with Crippen LogP contribution in [0.4, 0.5) is 0 Å². The largest absolute Gasteiger partial charge is 0.465 e. The molecule has 0 unspecified atom stereocenters. The minimum atomic E-state index is -0.0842. The van der Waals surface area contributed by atoms with Crippen molar-refractivity contribution in [2.45, 2.75) is 13.3 Å². The molecule has 0 bridgehead atoms. The van der Waals surface area contributed by atoms with Crippen LogP contribution in [0.25, 0.3) is 0 Å². The highest BCUT2D eigenvalue weighted by Crippen LogP contribution is 2.26. The van der Waals surface area contributed by atoms with Crippen molar-refractivity contribution in [2.24, 2.45) is 11.8 Å². The second-order valence-corrected chi connectivity index (χ2v) is 4.13. The standard InChI is InChI=1S/C14H16O2/c1-2-6-13-12(10-16-14(13)15)9-11-7-4-3-5-8-11/h2-8,12-13H,9-10H2,1H3/b6-2-/t12-,13+/m1/s1. The van der Waals surface area contributed by atoms with Crippen LogP contribution in [-0.4, -0.2) is 12.6 Å². The Bertz CT molecular complexity index is 381. The van der Waals surface area contributed by atoms with E-state index in [2.05, 4.69) is 12.1 Å². The van der Waals surface area contributed by atoms with Crippen LogP contribution in [0.3, 0.4) is 0 Å². The van der Waals surface area contributed by atoms with Crippen LogP contribution in [0, 0.1) is 11.8 Å². The number of carbonyl (C=O) groups excluding carboxylic acids is 1. The molecule has 0 aliphatic carbocycles. The molecule has 1 aliphatic rings. The lowest BCUT2D eigenvalue weighted by atomic mass is 9.89. The Kier molecular flexibility index (Phi) is 3.40. The van der Waals surface area contributed by atoms with Crippen molar-refractivity contribution in [3.8, 4) is 0 Å². The van der Waals surface area contributed by atoms with Gasteiger partial charge in [0.25, 0.3) is 0 Å². The van der Waals surface area contributed by atoms with Gasteiger partial charge in [0, 0.05) is 5.92 Å². The van der Waals surface area contributed by atoms with Crippen molar-refractivity contribution in [1.29, 1.82) is 0 Å². The van der Waals surface area contributed by atoms with Gasteiger partial charge in [-0.25, -0.2) is 0 Å². The SMILES string of the molecule is C/C=C\[C@@H]1C(=O)OC[C@H]1Cc1ccccc1. The molecule has 0 radical (unpaired) electrons. The van der Waals surface area contributed by atoms with Crippen LogP contribution < -0.4 is 0 Å². The molecule has 1 aromatic rings. The summed E-state index contributed by atoms with van der Waals surface area (Å²) in [6, 6.07) is 10.2. The normalized spacial score (nSPS) is 24.9. The summed E-state index contributed by atoms with van der Waals surface area (Å²) >= 11 is 0. The van der Waals surface area contributed by atoms with E-state index < -0.39 is 0 Å². The maximum Gasteiger partial charge on any atom is 0.313 e. The second kappa shape index (κ2) is 4.97. The summed E-state index contributed by atoms with van der Waals surface area (Å²) in [5.74, 6) is 0.135. The van der Waals surface area contributed by atoms with Gasteiger partial charge in [0.15, 0.2) is 0 Å². The fourth-order valence-electron chi connectivity index (χ4n) is 2.13. The Morgan fingerprint density at radius 3 is 2.81 bits per heavy atom. The van der Waals surface area contributed by atoms with Crippen molar-refractivity contribution in [3.63, 3.8) is 0 Å². The van der Waals surface area contributed by atoms with Gasteiger partial charge in [0.1, 0.15) is 0 Å². The van der Waals surface area contributed by atoms with Crippen LogP contribution in [-0.2, 0) is 16.0 Å². The first-order valence-electron chi connectivity index (χ1n) is 5.64. The van der Waals surface area contributed by atoms with Gasteiger partial charge in [0.05, 0.1) is 12.5 Å². The molecule has 0 aromatic heterocycles. The third-order valence-corrected chi connectivity index (χ3v) is 2.96. The third kappa shape index (κ3) is 2.32. The van der Waals surface area contributed by atoms with Gasteiger partial charge in [-0.2, -0.15) is 0 Å². The Morgan fingerprint density at radius 2 is 2.12 bits per heavy atom. The summed E-state index contributed by atoms with van der Waals surface area (Å²) < 4.78 is 5.11. The van der Waals surface area contributed by atoms with Gasteiger partial charge in [0.2, 0.25) is 0 Å². The van der Waals surface area contributed by atoms with E-state index in [-0.39, 0.29) is 17.8 Å². The molecule has 0 amide bonds. The summed E-state index contributed by atoms with van der Waals surface area (Å²) in [5.41, 5.74) is 1.26. The maximum atomic E-state index is 11.5. The lowest BCUT2D eigenvalue weighted by molar-refractivity contribution is -0.140. The van der Waals surface area contributed by atoms with Gasteiger partial charge >= 0.3 is 5.97 Å². The fraction of sp³-hybridized carbons (Fsp3) is 0.357. The number of hydrogen-bond acceptors (Lipinski definition) is 2. The number of cyclic esters (lactones) is 1. The van der Waals surface area contributed by atoms with E-state index in [4.69, 9.17) is 4.74 Å². The zero-order valence-corrected chi connectivity index (χ0v) is 9.43. The molecule has 1 aromatic carbocycles. The molecule has 16 heavy (non-hydrogen) atoms. The van der Waals surface area contributed by atoms with E-state index >= 15 is 0 Å². The fourth-order valence-corrected chi connectivity index (χ4v) is 2.13.